The molecule has 14 aromatic rings. The zero-order chi connectivity index (χ0) is 45.7. The Bertz CT molecular complexity index is 4510. The highest BCUT2D eigenvalue weighted by atomic mass is 32.1. The number of rotatable bonds is 4. The lowest BCUT2D eigenvalue weighted by atomic mass is 9.70. The molecule has 0 aliphatic heterocycles. The molecule has 1 spiro atoms. The molecule has 70 heavy (non-hydrogen) atoms. The van der Waals surface area contributed by atoms with Gasteiger partial charge in [-0.15, -0.1) is 11.3 Å². The van der Waals surface area contributed by atoms with Crippen molar-refractivity contribution < 1.29 is 4.42 Å². The number of para-hydroxylation sites is 2. The summed E-state index contributed by atoms with van der Waals surface area (Å²) in [7, 11) is 0. The van der Waals surface area contributed by atoms with Crippen LogP contribution in [0.15, 0.2) is 223 Å². The van der Waals surface area contributed by atoms with Crippen LogP contribution in [0.2, 0.25) is 0 Å². The largest absolute Gasteiger partial charge is 0.455 e. The lowest BCUT2D eigenvalue weighted by molar-refractivity contribution is 0.670. The molecule has 0 fully saturated rings. The standard InChI is InChI=1S/C64H36N4OS/c1-2-16-37(17-3-1)39-23-14-24-45-43-33-32-38(36-54(43)69-60(39)45)61-65-62(48-25-15-31-56-57(48)47-22-8-13-30-55(47)70-56)67-63(66-61)68-53-29-12-7-20-42(53)44-34-35-52-58(59(44)68)46-21-6-11-28-51(46)64(52)49-26-9-4-18-40(49)41-19-5-10-27-50(41)64/h1-36H. The van der Waals surface area contributed by atoms with Gasteiger partial charge in [0.25, 0.3) is 0 Å². The predicted molar refractivity (Wildman–Crippen MR) is 287 cm³/mol. The smallest absolute Gasteiger partial charge is 0.238 e. The molecule has 0 atom stereocenters. The number of hydrogen-bond acceptors (Lipinski definition) is 5. The van der Waals surface area contributed by atoms with E-state index < -0.39 is 5.41 Å². The van der Waals surface area contributed by atoms with Gasteiger partial charge in [0.1, 0.15) is 11.2 Å². The molecule has 2 aliphatic carbocycles. The van der Waals surface area contributed by atoms with E-state index in [4.69, 9.17) is 19.4 Å². The van der Waals surface area contributed by atoms with Crippen molar-refractivity contribution >= 4 is 75.3 Å². The van der Waals surface area contributed by atoms with Crippen molar-refractivity contribution in [1.82, 2.24) is 19.5 Å². The quantitative estimate of drug-likeness (QED) is 0.177. The lowest BCUT2D eigenvalue weighted by Crippen LogP contribution is -2.25. The predicted octanol–water partition coefficient (Wildman–Crippen LogP) is 16.6. The minimum Gasteiger partial charge on any atom is -0.455 e. The summed E-state index contributed by atoms with van der Waals surface area (Å²) < 4.78 is 11.6. The number of thiophene rings is 1. The second kappa shape index (κ2) is 14.0. The fourth-order valence-electron chi connectivity index (χ4n) is 12.3. The van der Waals surface area contributed by atoms with Crippen molar-refractivity contribution in [2.24, 2.45) is 0 Å². The second-order valence-corrected chi connectivity index (χ2v) is 19.6. The molecule has 4 aromatic heterocycles. The molecule has 5 nitrogen and oxygen atoms in total. The van der Waals surface area contributed by atoms with Gasteiger partial charge in [-0.05, 0) is 74.8 Å². The summed E-state index contributed by atoms with van der Waals surface area (Å²) in [5.41, 5.74) is 17.3. The Morgan fingerprint density at radius 3 is 1.84 bits per heavy atom. The molecule has 0 unspecified atom stereocenters. The van der Waals surface area contributed by atoms with Gasteiger partial charge < -0.3 is 4.42 Å². The van der Waals surface area contributed by atoms with Crippen LogP contribution < -0.4 is 0 Å². The van der Waals surface area contributed by atoms with Crippen molar-refractivity contribution in [3.05, 3.63) is 241 Å². The highest BCUT2D eigenvalue weighted by Crippen LogP contribution is 2.64. The molecule has 0 N–H and O–H groups in total. The number of aromatic nitrogens is 4. The normalized spacial score (nSPS) is 13.3. The van der Waals surface area contributed by atoms with Crippen molar-refractivity contribution in [3.63, 3.8) is 0 Å². The summed E-state index contributed by atoms with van der Waals surface area (Å²) in [5.74, 6) is 1.73. The van der Waals surface area contributed by atoms with Crippen LogP contribution in [-0.2, 0) is 5.41 Å². The van der Waals surface area contributed by atoms with E-state index in [9.17, 15) is 0 Å². The first-order valence-corrected chi connectivity index (χ1v) is 24.6. The number of nitrogens with zero attached hydrogens (tertiary/aromatic N) is 4. The van der Waals surface area contributed by atoms with Crippen molar-refractivity contribution in [2.45, 2.75) is 5.41 Å². The molecular formula is C64H36N4OS. The number of benzene rings is 10. The Morgan fingerprint density at radius 1 is 0.400 bits per heavy atom. The molecule has 0 radical (unpaired) electrons. The summed E-state index contributed by atoms with van der Waals surface area (Å²) in [6.07, 6.45) is 0. The van der Waals surface area contributed by atoms with Gasteiger partial charge >= 0.3 is 0 Å². The van der Waals surface area contributed by atoms with Gasteiger partial charge in [0.15, 0.2) is 11.6 Å². The zero-order valence-electron chi connectivity index (χ0n) is 37.4. The molecular weight excluding hydrogens is 873 g/mol. The first-order chi connectivity index (χ1) is 34.7. The Balaban J connectivity index is 1.01. The fourth-order valence-corrected chi connectivity index (χ4v) is 13.4. The van der Waals surface area contributed by atoms with E-state index in [1.807, 2.05) is 6.07 Å². The minimum atomic E-state index is -0.512. The van der Waals surface area contributed by atoms with E-state index in [1.165, 1.54) is 59.3 Å². The maximum absolute atomic E-state index is 6.83. The molecule has 10 aromatic carbocycles. The Labute approximate surface area is 405 Å². The van der Waals surface area contributed by atoms with Crippen LogP contribution in [0.5, 0.6) is 0 Å². The molecule has 6 heteroatoms. The van der Waals surface area contributed by atoms with E-state index in [2.05, 4.69) is 217 Å². The molecule has 16 rings (SSSR count). The first-order valence-electron chi connectivity index (χ1n) is 23.8. The van der Waals surface area contributed by atoms with Gasteiger partial charge in [0.05, 0.1) is 16.4 Å². The second-order valence-electron chi connectivity index (χ2n) is 18.5. The summed E-state index contributed by atoms with van der Waals surface area (Å²) in [6.45, 7) is 0. The Kier molecular flexibility index (Phi) is 7.63. The van der Waals surface area contributed by atoms with Gasteiger partial charge in [-0.2, -0.15) is 9.97 Å². The summed E-state index contributed by atoms with van der Waals surface area (Å²) in [4.78, 5) is 16.6. The average Bonchev–Trinajstić information content (AvgIpc) is 4.23. The summed E-state index contributed by atoms with van der Waals surface area (Å²) >= 11 is 1.80. The van der Waals surface area contributed by atoms with Gasteiger partial charge in [0.2, 0.25) is 5.95 Å². The summed E-state index contributed by atoms with van der Waals surface area (Å²) in [5, 5.41) is 6.73. The molecule has 0 amide bonds. The van der Waals surface area contributed by atoms with E-state index in [-0.39, 0.29) is 0 Å². The number of furan rings is 1. The van der Waals surface area contributed by atoms with E-state index in [0.717, 1.165) is 71.4 Å². The zero-order valence-corrected chi connectivity index (χ0v) is 38.2. The van der Waals surface area contributed by atoms with E-state index in [1.54, 1.807) is 11.3 Å². The molecule has 4 heterocycles. The van der Waals surface area contributed by atoms with Crippen LogP contribution >= 0.6 is 11.3 Å². The third-order valence-electron chi connectivity index (χ3n) is 15.1. The van der Waals surface area contributed by atoms with Crippen LogP contribution in [0.25, 0.3) is 126 Å². The van der Waals surface area contributed by atoms with Crippen LogP contribution in [0.4, 0.5) is 0 Å². The van der Waals surface area contributed by atoms with Crippen LogP contribution in [0, 0.1) is 0 Å². The number of fused-ring (bicyclic) bond motifs is 20. The van der Waals surface area contributed by atoms with Crippen LogP contribution in [-0.4, -0.2) is 19.5 Å². The monoisotopic (exact) mass is 908 g/mol. The van der Waals surface area contributed by atoms with Crippen molar-refractivity contribution in [1.29, 1.82) is 0 Å². The van der Waals surface area contributed by atoms with E-state index in [0.29, 0.717) is 17.6 Å². The maximum atomic E-state index is 6.83. The molecule has 0 bridgehead atoms. The minimum absolute atomic E-state index is 0.512. The Hall–Kier alpha value is -8.97. The molecule has 0 saturated carbocycles. The van der Waals surface area contributed by atoms with Crippen molar-refractivity contribution in [2.75, 3.05) is 0 Å². The fraction of sp³-hybridized carbons (Fsp3) is 0.0156. The van der Waals surface area contributed by atoms with Gasteiger partial charge in [-0.1, -0.05) is 188 Å². The third kappa shape index (κ3) is 4.97. The molecule has 0 saturated heterocycles. The van der Waals surface area contributed by atoms with Gasteiger partial charge in [-0.25, -0.2) is 4.98 Å². The highest BCUT2D eigenvalue weighted by Gasteiger charge is 2.52. The van der Waals surface area contributed by atoms with Crippen LogP contribution in [0.3, 0.4) is 0 Å². The van der Waals surface area contributed by atoms with E-state index >= 15 is 0 Å². The molecule has 324 valence electrons. The lowest BCUT2D eigenvalue weighted by Gasteiger charge is -2.30. The highest BCUT2D eigenvalue weighted by molar-refractivity contribution is 7.25. The Morgan fingerprint density at radius 2 is 1.01 bits per heavy atom. The van der Waals surface area contributed by atoms with Crippen LogP contribution in [0.1, 0.15) is 22.3 Å². The third-order valence-corrected chi connectivity index (χ3v) is 16.2. The maximum Gasteiger partial charge on any atom is 0.238 e. The molecule has 2 aliphatic rings. The number of hydrogen-bond donors (Lipinski definition) is 0. The van der Waals surface area contributed by atoms with Gasteiger partial charge in [0, 0.05) is 64.0 Å². The average molecular weight is 909 g/mol. The van der Waals surface area contributed by atoms with Crippen molar-refractivity contribution in [3.8, 4) is 62.1 Å². The topological polar surface area (TPSA) is 56.7 Å². The first kappa shape index (κ1) is 38.0. The van der Waals surface area contributed by atoms with Gasteiger partial charge in [-0.3, -0.25) is 4.57 Å². The summed E-state index contributed by atoms with van der Waals surface area (Å²) in [6, 6.07) is 78.8. The SMILES string of the molecule is c1ccc(-c2cccc3c2oc2cc(-c4nc(-c5cccc6sc7ccccc7c56)nc(-n5c6ccccc6c6ccc7c(c65)-c5ccccc5C75c6ccccc6-c6ccccc65)n4)ccc23)cc1.